The normalized spacial score (nSPS) is 11.7. The van der Waals surface area contributed by atoms with Gasteiger partial charge in [-0.25, -0.2) is 15.0 Å². The van der Waals surface area contributed by atoms with Crippen molar-refractivity contribution in [2.75, 3.05) is 0 Å². The molecule has 87 heavy (non-hydrogen) atoms. The summed E-state index contributed by atoms with van der Waals surface area (Å²) in [7, 11) is 0. The summed E-state index contributed by atoms with van der Waals surface area (Å²) < 4.78 is 7.23. The molecule has 0 saturated carbocycles. The van der Waals surface area contributed by atoms with E-state index in [1.807, 2.05) is 0 Å². The van der Waals surface area contributed by atoms with Crippen LogP contribution in [0.4, 0.5) is 0 Å². The first kappa shape index (κ1) is 49.8. The van der Waals surface area contributed by atoms with Crippen molar-refractivity contribution in [2.45, 2.75) is 0 Å². The molecule has 0 aliphatic rings. The molecule has 17 aromatic rings. The van der Waals surface area contributed by atoms with Crippen molar-refractivity contribution in [1.29, 1.82) is 0 Å². The van der Waals surface area contributed by atoms with E-state index in [0.29, 0.717) is 17.5 Å². The third-order valence-electron chi connectivity index (χ3n) is 17.3. The molecule has 0 aliphatic carbocycles. The van der Waals surface area contributed by atoms with Gasteiger partial charge in [0.1, 0.15) is 0 Å². The highest BCUT2D eigenvalue weighted by Gasteiger charge is 2.23. The molecule has 0 N–H and O–H groups in total. The predicted molar refractivity (Wildman–Crippen MR) is 361 cm³/mol. The Kier molecular flexibility index (Phi) is 11.8. The van der Waals surface area contributed by atoms with Crippen molar-refractivity contribution in [2.24, 2.45) is 0 Å². The van der Waals surface area contributed by atoms with E-state index in [4.69, 9.17) is 15.0 Å². The van der Waals surface area contributed by atoms with Crippen molar-refractivity contribution < 1.29 is 0 Å². The Morgan fingerprint density at radius 2 is 0.471 bits per heavy atom. The SMILES string of the molecule is c1ccc(-c2cccc(-c3ccc(-c4nc(-c5ccc(-n6c7ccccc7c7ccccc76)c(-c6ccccc6)c5)nc(-c5ccc(-c6ccccc6)c(-n6c7ccccc7c7ccccc76)c5)n4)cc3-n3c4ccccc4c4ccccc43)c2)cc1. The van der Waals surface area contributed by atoms with Crippen molar-refractivity contribution in [3.63, 3.8) is 0 Å². The Hall–Kier alpha value is -11.7. The van der Waals surface area contributed by atoms with E-state index in [1.165, 1.54) is 32.3 Å². The van der Waals surface area contributed by atoms with E-state index in [0.717, 1.165) is 111 Å². The average molecular weight is 1110 g/mol. The first-order chi connectivity index (χ1) is 43.2. The second-order valence-electron chi connectivity index (χ2n) is 22.3. The summed E-state index contributed by atoms with van der Waals surface area (Å²) in [6, 6.07) is 113. The number of nitrogens with zero attached hydrogens (tertiary/aromatic N) is 6. The Morgan fingerprint density at radius 3 is 0.885 bits per heavy atom. The van der Waals surface area contributed by atoms with Gasteiger partial charge in [0.05, 0.1) is 50.2 Å². The lowest BCUT2D eigenvalue weighted by molar-refractivity contribution is 1.07. The summed E-state index contributed by atoms with van der Waals surface area (Å²) in [4.78, 5) is 16.8. The molecule has 0 fully saturated rings. The van der Waals surface area contributed by atoms with Crippen LogP contribution in [0.2, 0.25) is 0 Å². The summed E-state index contributed by atoms with van der Waals surface area (Å²) in [5, 5.41) is 7.16. The number of para-hydroxylation sites is 6. The fraction of sp³-hybridized carbons (Fsp3) is 0. The third-order valence-corrected chi connectivity index (χ3v) is 17.3. The zero-order valence-electron chi connectivity index (χ0n) is 47.2. The van der Waals surface area contributed by atoms with Gasteiger partial charge in [0.15, 0.2) is 17.5 Å². The van der Waals surface area contributed by atoms with Crippen LogP contribution in [0.25, 0.3) is 161 Å². The number of rotatable bonds is 10. The average Bonchev–Trinajstić information content (AvgIpc) is 2.15. The molecule has 0 bridgehead atoms. The summed E-state index contributed by atoms with van der Waals surface area (Å²) in [5.74, 6) is 1.67. The van der Waals surface area contributed by atoms with Gasteiger partial charge in [-0.05, 0) is 101 Å². The zero-order chi connectivity index (χ0) is 57.4. The molecule has 6 nitrogen and oxygen atoms in total. The fourth-order valence-corrected chi connectivity index (χ4v) is 13.3. The van der Waals surface area contributed by atoms with Crippen LogP contribution in [0.5, 0.6) is 0 Å². The van der Waals surface area contributed by atoms with E-state index in [1.54, 1.807) is 0 Å². The smallest absolute Gasteiger partial charge is 0.164 e. The van der Waals surface area contributed by atoms with E-state index in [-0.39, 0.29) is 0 Å². The molecule has 6 heteroatoms. The standard InChI is InChI=1S/C81H52N6/c1-4-23-53(24-5-1)56-29-22-30-57(49-56)62-47-44-60(52-78(62)87-74-41-20-14-35-67(74)68-36-15-21-42-75(68)87)81-83-79(58-45-48-76(69(50-58)55-27-8-3-9-28-55)85-70-37-16-10-31-63(70)64-32-11-17-38-71(64)85)82-80(84-81)59-43-46-61(54-25-6-2-7-26-54)77(51-59)86-72-39-18-12-33-65(72)66-34-13-19-40-73(66)86/h1-52H. The highest BCUT2D eigenvalue weighted by Crippen LogP contribution is 2.43. The van der Waals surface area contributed by atoms with Gasteiger partial charge in [0, 0.05) is 65.7 Å². The van der Waals surface area contributed by atoms with Gasteiger partial charge in [0.25, 0.3) is 0 Å². The lowest BCUT2D eigenvalue weighted by Crippen LogP contribution is -2.04. The van der Waals surface area contributed by atoms with Gasteiger partial charge in [0.2, 0.25) is 0 Å². The van der Waals surface area contributed by atoms with Crippen LogP contribution in [0.15, 0.2) is 315 Å². The van der Waals surface area contributed by atoms with Crippen LogP contribution in [0.1, 0.15) is 0 Å². The Balaban J connectivity index is 0.931. The Bertz CT molecular complexity index is 5360. The number of hydrogen-bond acceptors (Lipinski definition) is 3. The molecule has 0 unspecified atom stereocenters. The van der Waals surface area contributed by atoms with Crippen LogP contribution in [-0.2, 0) is 0 Å². The van der Waals surface area contributed by atoms with Crippen molar-refractivity contribution >= 4 is 65.4 Å². The first-order valence-electron chi connectivity index (χ1n) is 29.6. The minimum atomic E-state index is 0.555. The van der Waals surface area contributed by atoms with Crippen LogP contribution in [0, 0.1) is 0 Å². The molecule has 0 aliphatic heterocycles. The van der Waals surface area contributed by atoms with E-state index in [9.17, 15) is 0 Å². The van der Waals surface area contributed by atoms with E-state index < -0.39 is 0 Å². The lowest BCUT2D eigenvalue weighted by atomic mass is 9.96. The van der Waals surface area contributed by atoms with E-state index in [2.05, 4.69) is 329 Å². The van der Waals surface area contributed by atoms with Crippen LogP contribution < -0.4 is 0 Å². The molecule has 4 heterocycles. The maximum absolute atomic E-state index is 5.61. The summed E-state index contributed by atoms with van der Waals surface area (Å²) >= 11 is 0. The third kappa shape index (κ3) is 8.37. The Morgan fingerprint density at radius 1 is 0.172 bits per heavy atom. The fourth-order valence-electron chi connectivity index (χ4n) is 13.3. The topological polar surface area (TPSA) is 53.5 Å². The Labute approximate surface area is 502 Å². The maximum Gasteiger partial charge on any atom is 0.164 e. The quantitative estimate of drug-likeness (QED) is 0.137. The van der Waals surface area contributed by atoms with Gasteiger partial charge in [-0.15, -0.1) is 0 Å². The lowest BCUT2D eigenvalue weighted by Gasteiger charge is -2.18. The number of benzene rings is 13. The van der Waals surface area contributed by atoms with Gasteiger partial charge in [-0.3, -0.25) is 0 Å². The second kappa shape index (κ2) is 20.6. The molecule has 0 amide bonds. The van der Waals surface area contributed by atoms with Crippen molar-refractivity contribution in [1.82, 2.24) is 28.7 Å². The molecule has 17 rings (SSSR count). The van der Waals surface area contributed by atoms with Gasteiger partial charge in [-0.2, -0.15) is 0 Å². The minimum Gasteiger partial charge on any atom is -0.309 e. The van der Waals surface area contributed by atoms with Crippen LogP contribution in [-0.4, -0.2) is 28.7 Å². The molecular weight excluding hydrogens is 1060 g/mol. The van der Waals surface area contributed by atoms with Crippen molar-refractivity contribution in [3.8, 4) is 95.7 Å². The number of aromatic nitrogens is 6. The molecule has 406 valence electrons. The highest BCUT2D eigenvalue weighted by molar-refractivity contribution is 6.12. The second-order valence-corrected chi connectivity index (χ2v) is 22.3. The number of fused-ring (bicyclic) bond motifs is 9. The molecule has 0 saturated heterocycles. The summed E-state index contributed by atoms with van der Waals surface area (Å²) in [6.07, 6.45) is 0. The molecule has 0 spiro atoms. The predicted octanol–water partition coefficient (Wildman–Crippen LogP) is 20.8. The minimum absolute atomic E-state index is 0.555. The maximum atomic E-state index is 5.61. The van der Waals surface area contributed by atoms with Crippen LogP contribution >= 0.6 is 0 Å². The first-order valence-corrected chi connectivity index (χ1v) is 29.6. The molecular formula is C81H52N6. The monoisotopic (exact) mass is 1110 g/mol. The van der Waals surface area contributed by atoms with Gasteiger partial charge < -0.3 is 13.7 Å². The van der Waals surface area contributed by atoms with Gasteiger partial charge >= 0.3 is 0 Å². The zero-order valence-corrected chi connectivity index (χ0v) is 47.2. The van der Waals surface area contributed by atoms with Gasteiger partial charge in [-0.1, -0.05) is 243 Å². The highest BCUT2D eigenvalue weighted by atomic mass is 15.0. The molecule has 0 radical (unpaired) electrons. The molecule has 0 atom stereocenters. The summed E-state index contributed by atoms with van der Waals surface area (Å²) in [6.45, 7) is 0. The summed E-state index contributed by atoms with van der Waals surface area (Å²) in [5.41, 5.74) is 21.3. The van der Waals surface area contributed by atoms with E-state index >= 15 is 0 Å². The van der Waals surface area contributed by atoms with Crippen LogP contribution in [0.3, 0.4) is 0 Å². The largest absolute Gasteiger partial charge is 0.309 e. The van der Waals surface area contributed by atoms with Crippen molar-refractivity contribution in [3.05, 3.63) is 315 Å². The molecule has 4 aromatic heterocycles. The molecule has 13 aromatic carbocycles. The number of hydrogen-bond donors (Lipinski definition) is 0.